The minimum atomic E-state index is -0.0776. The van der Waals surface area contributed by atoms with Crippen LogP contribution in [0.5, 0.6) is 0 Å². The predicted octanol–water partition coefficient (Wildman–Crippen LogP) is 2.55. The number of rotatable bonds is 5. The van der Waals surface area contributed by atoms with Crippen LogP contribution in [0.3, 0.4) is 0 Å². The summed E-state index contributed by atoms with van der Waals surface area (Å²) in [6.45, 7) is 5.89. The quantitative estimate of drug-likeness (QED) is 0.438. The molecule has 0 N–H and O–H groups in total. The highest BCUT2D eigenvalue weighted by Crippen LogP contribution is 2.29. The van der Waals surface area contributed by atoms with E-state index in [-0.39, 0.29) is 17.3 Å². The smallest absolute Gasteiger partial charge is 0.310 e. The Morgan fingerprint density at radius 1 is 1.44 bits per heavy atom. The zero-order chi connectivity index (χ0) is 13.7. The maximum Gasteiger partial charge on any atom is 0.310 e. The molecular formula is C14H24ClNO2. The van der Waals surface area contributed by atoms with Crippen molar-refractivity contribution in [1.29, 1.82) is 0 Å². The Morgan fingerprint density at radius 3 is 2.67 bits per heavy atom. The fraction of sp³-hybridized carbons (Fsp3) is 0.786. The lowest BCUT2D eigenvalue weighted by Gasteiger charge is -2.18. The van der Waals surface area contributed by atoms with Crippen molar-refractivity contribution in [3.8, 4) is 0 Å². The molecule has 0 radical (unpaired) electrons. The molecular weight excluding hydrogens is 250 g/mol. The fourth-order valence-electron chi connectivity index (χ4n) is 2.64. The monoisotopic (exact) mass is 273 g/mol. The first-order valence-electron chi connectivity index (χ1n) is 6.52. The molecule has 0 aromatic heterocycles. The first-order valence-corrected chi connectivity index (χ1v) is 6.96. The number of carbonyl (C=O) groups is 1. The minimum absolute atomic E-state index is 0.0178. The molecule has 0 aliphatic carbocycles. The van der Waals surface area contributed by atoms with Crippen LogP contribution in [-0.2, 0) is 9.53 Å². The van der Waals surface area contributed by atoms with Crippen LogP contribution in [0.25, 0.3) is 0 Å². The molecule has 1 heterocycles. The summed E-state index contributed by atoms with van der Waals surface area (Å²) >= 11 is 5.89. The van der Waals surface area contributed by atoms with Gasteiger partial charge in [0.1, 0.15) is 0 Å². The molecule has 18 heavy (non-hydrogen) atoms. The Labute approximate surface area is 115 Å². The molecule has 4 heteroatoms. The van der Waals surface area contributed by atoms with Gasteiger partial charge in [-0.25, -0.2) is 0 Å². The number of allylic oxidation sites excluding steroid dienone is 2. The predicted molar refractivity (Wildman–Crippen MR) is 74.7 cm³/mol. The molecule has 104 valence electrons. The van der Waals surface area contributed by atoms with Crippen LogP contribution < -0.4 is 0 Å². The Hall–Kier alpha value is -0.540. The van der Waals surface area contributed by atoms with Crippen LogP contribution in [0.1, 0.15) is 20.3 Å². The number of carbonyl (C=O) groups excluding carboxylic acids is 1. The standard InChI is InChI=1S/C14H24ClNO2/c1-10(5-6-11(2)15)7-12-8-16(3)9-13(12)14(17)18-4/h5-6,10-13H,7-9H2,1-4H3/b6-5-/t10-,11?,12-,13?/m0/s1. The van der Waals surface area contributed by atoms with Crippen molar-refractivity contribution in [2.45, 2.75) is 25.6 Å². The van der Waals surface area contributed by atoms with Crippen LogP contribution in [0, 0.1) is 17.8 Å². The SMILES string of the molecule is COC(=O)C1CN(C)C[C@@H]1C[C@@H](C)/C=C\C(C)Cl. The number of hydrogen-bond acceptors (Lipinski definition) is 3. The van der Waals surface area contributed by atoms with E-state index >= 15 is 0 Å². The van der Waals surface area contributed by atoms with E-state index in [2.05, 4.69) is 24.9 Å². The summed E-state index contributed by atoms with van der Waals surface area (Å²) in [6, 6.07) is 0. The number of hydrogen-bond donors (Lipinski definition) is 0. The molecule has 1 aliphatic heterocycles. The first kappa shape index (κ1) is 15.5. The number of halogens is 1. The molecule has 2 unspecified atom stereocenters. The van der Waals surface area contributed by atoms with Gasteiger partial charge in [0.05, 0.1) is 13.0 Å². The van der Waals surface area contributed by atoms with Gasteiger partial charge in [-0.1, -0.05) is 19.1 Å². The van der Waals surface area contributed by atoms with Gasteiger partial charge in [0.15, 0.2) is 0 Å². The molecule has 1 rings (SSSR count). The van der Waals surface area contributed by atoms with E-state index < -0.39 is 0 Å². The summed E-state index contributed by atoms with van der Waals surface area (Å²) in [5.74, 6) is 0.762. The Balaban J connectivity index is 2.56. The summed E-state index contributed by atoms with van der Waals surface area (Å²) in [5.41, 5.74) is 0. The van der Waals surface area contributed by atoms with E-state index in [9.17, 15) is 4.79 Å². The zero-order valence-corrected chi connectivity index (χ0v) is 12.5. The van der Waals surface area contributed by atoms with Crippen LogP contribution in [0.15, 0.2) is 12.2 Å². The van der Waals surface area contributed by atoms with Gasteiger partial charge in [-0.3, -0.25) is 4.79 Å². The molecule has 1 fully saturated rings. The molecule has 0 bridgehead atoms. The number of likely N-dealkylation sites (tertiary alicyclic amines) is 1. The first-order chi connectivity index (χ1) is 8.43. The van der Waals surface area contributed by atoms with E-state index in [0.717, 1.165) is 19.5 Å². The number of nitrogens with zero attached hydrogens (tertiary/aromatic N) is 1. The second-order valence-corrected chi connectivity index (χ2v) is 6.07. The van der Waals surface area contributed by atoms with Crippen molar-refractivity contribution >= 4 is 17.6 Å². The van der Waals surface area contributed by atoms with E-state index in [1.165, 1.54) is 7.11 Å². The highest BCUT2D eigenvalue weighted by Gasteiger charge is 2.36. The lowest BCUT2D eigenvalue weighted by atomic mass is 9.87. The summed E-state index contributed by atoms with van der Waals surface area (Å²) in [6.07, 6.45) is 5.16. The van der Waals surface area contributed by atoms with E-state index in [1.807, 2.05) is 13.0 Å². The van der Waals surface area contributed by atoms with Gasteiger partial charge in [-0.2, -0.15) is 0 Å². The Morgan fingerprint density at radius 2 is 2.11 bits per heavy atom. The molecule has 0 amide bonds. The lowest BCUT2D eigenvalue weighted by Crippen LogP contribution is -2.25. The van der Waals surface area contributed by atoms with Gasteiger partial charge in [0.2, 0.25) is 0 Å². The number of ether oxygens (including phenoxy) is 1. The third-order valence-corrected chi connectivity index (χ3v) is 3.65. The highest BCUT2D eigenvalue weighted by atomic mass is 35.5. The van der Waals surface area contributed by atoms with Gasteiger partial charge in [-0.05, 0) is 32.2 Å². The van der Waals surface area contributed by atoms with E-state index in [0.29, 0.717) is 11.8 Å². The molecule has 3 nitrogen and oxygen atoms in total. The number of esters is 1. The van der Waals surface area contributed by atoms with Crippen molar-refractivity contribution in [2.24, 2.45) is 17.8 Å². The van der Waals surface area contributed by atoms with E-state index in [4.69, 9.17) is 16.3 Å². The van der Waals surface area contributed by atoms with Crippen molar-refractivity contribution in [3.63, 3.8) is 0 Å². The fourth-order valence-corrected chi connectivity index (χ4v) is 2.73. The molecule has 0 saturated carbocycles. The summed E-state index contributed by atoms with van der Waals surface area (Å²) in [4.78, 5) is 13.9. The molecule has 4 atom stereocenters. The second kappa shape index (κ2) is 7.15. The lowest BCUT2D eigenvalue weighted by molar-refractivity contribution is -0.146. The van der Waals surface area contributed by atoms with Crippen molar-refractivity contribution in [2.75, 3.05) is 27.2 Å². The zero-order valence-electron chi connectivity index (χ0n) is 11.7. The summed E-state index contributed by atoms with van der Waals surface area (Å²) in [7, 11) is 3.52. The van der Waals surface area contributed by atoms with Gasteiger partial charge in [0.25, 0.3) is 0 Å². The van der Waals surface area contributed by atoms with E-state index in [1.54, 1.807) is 0 Å². The average molecular weight is 274 g/mol. The largest absolute Gasteiger partial charge is 0.469 e. The van der Waals surface area contributed by atoms with Crippen molar-refractivity contribution in [1.82, 2.24) is 4.90 Å². The van der Waals surface area contributed by atoms with Crippen LogP contribution in [0.4, 0.5) is 0 Å². The Kier molecular flexibility index (Phi) is 6.16. The normalized spacial score (nSPS) is 28.5. The van der Waals surface area contributed by atoms with Gasteiger partial charge >= 0.3 is 5.97 Å². The summed E-state index contributed by atoms with van der Waals surface area (Å²) in [5, 5.41) is 0.0649. The van der Waals surface area contributed by atoms with Gasteiger partial charge in [-0.15, -0.1) is 11.6 Å². The highest BCUT2D eigenvalue weighted by molar-refractivity contribution is 6.21. The van der Waals surface area contributed by atoms with Crippen LogP contribution >= 0.6 is 11.6 Å². The minimum Gasteiger partial charge on any atom is -0.469 e. The van der Waals surface area contributed by atoms with Crippen molar-refractivity contribution in [3.05, 3.63) is 12.2 Å². The molecule has 0 aromatic carbocycles. The van der Waals surface area contributed by atoms with Crippen LogP contribution in [0.2, 0.25) is 0 Å². The summed E-state index contributed by atoms with van der Waals surface area (Å²) < 4.78 is 4.89. The molecule has 0 spiro atoms. The maximum atomic E-state index is 11.7. The Bertz CT molecular complexity index is 304. The molecule has 1 saturated heterocycles. The average Bonchev–Trinajstić information content (AvgIpc) is 2.66. The third kappa shape index (κ3) is 4.62. The number of methoxy groups -OCH3 is 1. The second-order valence-electron chi connectivity index (χ2n) is 5.39. The third-order valence-electron chi connectivity index (χ3n) is 3.51. The van der Waals surface area contributed by atoms with Crippen molar-refractivity contribution < 1.29 is 9.53 Å². The topological polar surface area (TPSA) is 29.5 Å². The molecule has 0 aromatic rings. The number of alkyl halides is 1. The maximum absolute atomic E-state index is 11.7. The van der Waals surface area contributed by atoms with Gasteiger partial charge < -0.3 is 9.64 Å². The van der Waals surface area contributed by atoms with Crippen LogP contribution in [-0.4, -0.2) is 43.5 Å². The van der Waals surface area contributed by atoms with Gasteiger partial charge in [0, 0.05) is 18.5 Å². The molecule has 1 aliphatic rings.